The lowest BCUT2D eigenvalue weighted by Gasteiger charge is -2.38. The van der Waals surface area contributed by atoms with Crippen molar-refractivity contribution in [2.75, 3.05) is 32.1 Å². The number of amides is 2. The van der Waals surface area contributed by atoms with E-state index in [9.17, 15) is 14.7 Å². The summed E-state index contributed by atoms with van der Waals surface area (Å²) in [4.78, 5) is 31.0. The number of fused-ring (bicyclic) bond motifs is 1. The van der Waals surface area contributed by atoms with E-state index in [-0.39, 0.29) is 42.4 Å². The number of carbonyl (C=O) groups excluding carboxylic acids is 2. The molecule has 0 saturated heterocycles. The molecule has 1 saturated carbocycles. The molecule has 5 rings (SSSR count). The lowest BCUT2D eigenvalue weighted by atomic mass is 9.88. The van der Waals surface area contributed by atoms with E-state index in [0.717, 1.165) is 32.2 Å². The Bertz CT molecular complexity index is 1370. The summed E-state index contributed by atoms with van der Waals surface area (Å²) in [7, 11) is 2.08. The fraction of sp³-hybridized carbons (Fsp3) is 0.444. The van der Waals surface area contributed by atoms with Crippen molar-refractivity contribution in [3.63, 3.8) is 0 Å². The minimum Gasteiger partial charge on any atom is -0.486 e. The average Bonchev–Trinajstić information content (AvgIpc) is 3.03. The first-order valence-corrected chi connectivity index (χ1v) is 15.7. The summed E-state index contributed by atoms with van der Waals surface area (Å²) >= 11 is 0. The largest absolute Gasteiger partial charge is 0.486 e. The molecule has 3 atom stereocenters. The topological polar surface area (TPSA) is 82.1 Å². The summed E-state index contributed by atoms with van der Waals surface area (Å²) in [5.41, 5.74) is 4.54. The van der Waals surface area contributed by atoms with Crippen molar-refractivity contribution in [2.24, 2.45) is 11.8 Å². The molecule has 2 N–H and O–H groups in total. The number of para-hydroxylation sites is 1. The van der Waals surface area contributed by atoms with Gasteiger partial charge in [0.15, 0.2) is 5.75 Å². The fourth-order valence-corrected chi connectivity index (χ4v) is 6.28. The van der Waals surface area contributed by atoms with Gasteiger partial charge in [0.2, 0.25) is 5.91 Å². The Kier molecular flexibility index (Phi) is 10.2. The van der Waals surface area contributed by atoms with Crippen LogP contribution in [0.25, 0.3) is 11.1 Å². The monoisotopic (exact) mass is 583 g/mol. The summed E-state index contributed by atoms with van der Waals surface area (Å²) in [6.45, 7) is 5.65. The van der Waals surface area contributed by atoms with Crippen molar-refractivity contribution in [1.82, 2.24) is 9.80 Å². The number of nitrogens with zero attached hydrogens (tertiary/aromatic N) is 2. The molecule has 43 heavy (non-hydrogen) atoms. The van der Waals surface area contributed by atoms with Crippen molar-refractivity contribution >= 4 is 17.5 Å². The van der Waals surface area contributed by atoms with Gasteiger partial charge in [-0.1, -0.05) is 86.8 Å². The van der Waals surface area contributed by atoms with Gasteiger partial charge in [0.1, 0.15) is 6.10 Å². The highest BCUT2D eigenvalue weighted by Gasteiger charge is 2.35. The van der Waals surface area contributed by atoms with Gasteiger partial charge in [-0.2, -0.15) is 0 Å². The maximum Gasteiger partial charge on any atom is 0.258 e. The minimum atomic E-state index is -0.345. The third-order valence-electron chi connectivity index (χ3n) is 8.93. The van der Waals surface area contributed by atoms with Gasteiger partial charge in [-0.15, -0.1) is 0 Å². The van der Waals surface area contributed by atoms with Crippen LogP contribution in [0.4, 0.5) is 5.69 Å². The van der Waals surface area contributed by atoms with Crippen LogP contribution >= 0.6 is 0 Å². The molecule has 2 amide bonds. The average molecular weight is 584 g/mol. The summed E-state index contributed by atoms with van der Waals surface area (Å²) in [5.74, 6) is 0.184. The molecule has 0 unspecified atom stereocenters. The standard InChI is InChI=1S/C36H45N3O4/c1-25-21-39(26(2)24-40)36(42)31-15-10-16-32(37-35(41)30-13-8-5-9-14-30)34(31)43-33(25)23-38(3)22-27-17-19-29(20-18-27)28-11-6-4-7-12-28/h4,6-7,10-12,15-20,25-26,30,33,40H,5,8-9,13-14,21-24H2,1-3H3,(H,37,41)/t25-,26+,33-/m0/s1. The number of benzene rings is 3. The van der Waals surface area contributed by atoms with E-state index in [1.54, 1.807) is 17.0 Å². The predicted octanol–water partition coefficient (Wildman–Crippen LogP) is 6.22. The van der Waals surface area contributed by atoms with Crippen molar-refractivity contribution in [3.05, 3.63) is 83.9 Å². The number of rotatable bonds is 9. The van der Waals surface area contributed by atoms with Crippen molar-refractivity contribution < 1.29 is 19.4 Å². The molecular formula is C36H45N3O4. The second kappa shape index (κ2) is 14.2. The first kappa shape index (κ1) is 30.8. The molecule has 0 radical (unpaired) electrons. The number of aliphatic hydroxyl groups excluding tert-OH is 1. The van der Waals surface area contributed by atoms with Crippen molar-refractivity contribution in [3.8, 4) is 16.9 Å². The Hall–Kier alpha value is -3.68. The number of aliphatic hydroxyl groups is 1. The van der Waals surface area contributed by atoms with Gasteiger partial charge in [0, 0.05) is 31.5 Å². The molecule has 0 aromatic heterocycles. The van der Waals surface area contributed by atoms with Gasteiger partial charge >= 0.3 is 0 Å². The quantitative estimate of drug-likeness (QED) is 0.312. The highest BCUT2D eigenvalue weighted by Crippen LogP contribution is 2.36. The number of anilines is 1. The van der Waals surface area contributed by atoms with Gasteiger partial charge in [-0.25, -0.2) is 0 Å². The number of hydrogen-bond donors (Lipinski definition) is 2. The van der Waals surface area contributed by atoms with Crippen LogP contribution in [0.5, 0.6) is 5.75 Å². The fourth-order valence-electron chi connectivity index (χ4n) is 6.28. The molecule has 1 aliphatic carbocycles. The maximum absolute atomic E-state index is 13.8. The molecular weight excluding hydrogens is 538 g/mol. The Morgan fingerprint density at radius 1 is 1.00 bits per heavy atom. The van der Waals surface area contributed by atoms with E-state index >= 15 is 0 Å². The van der Waals surface area contributed by atoms with E-state index in [2.05, 4.69) is 60.6 Å². The molecule has 1 fully saturated rings. The van der Waals surface area contributed by atoms with Gasteiger partial charge in [0.25, 0.3) is 5.91 Å². The SMILES string of the molecule is C[C@H](CO)N1C[C@H](C)[C@H](CN(C)Cc2ccc(-c3ccccc3)cc2)Oc2c(NC(=O)C3CCCCC3)cccc2C1=O. The zero-order chi connectivity index (χ0) is 30.3. The molecule has 1 aliphatic heterocycles. The highest BCUT2D eigenvalue weighted by molar-refractivity contribution is 6.02. The number of carbonyl (C=O) groups is 2. The molecule has 3 aromatic rings. The molecule has 7 heteroatoms. The number of likely N-dealkylation sites (N-methyl/N-ethyl adjacent to an activating group) is 1. The smallest absolute Gasteiger partial charge is 0.258 e. The molecule has 0 bridgehead atoms. The van der Waals surface area contributed by atoms with Crippen LogP contribution in [0.2, 0.25) is 0 Å². The minimum absolute atomic E-state index is 0.00698. The molecule has 7 nitrogen and oxygen atoms in total. The van der Waals surface area contributed by atoms with E-state index < -0.39 is 0 Å². The second-order valence-electron chi connectivity index (χ2n) is 12.4. The number of nitrogens with one attached hydrogen (secondary N) is 1. The van der Waals surface area contributed by atoms with Gasteiger partial charge in [0.05, 0.1) is 23.9 Å². The zero-order valence-electron chi connectivity index (χ0n) is 25.7. The van der Waals surface area contributed by atoms with Crippen LogP contribution < -0.4 is 10.1 Å². The Morgan fingerprint density at radius 3 is 2.40 bits per heavy atom. The summed E-state index contributed by atoms with van der Waals surface area (Å²) in [6.07, 6.45) is 4.83. The van der Waals surface area contributed by atoms with E-state index in [1.807, 2.05) is 31.2 Å². The van der Waals surface area contributed by atoms with Gasteiger partial charge < -0.3 is 20.1 Å². The normalized spacial score (nSPS) is 20.1. The van der Waals surface area contributed by atoms with Crippen molar-refractivity contribution in [1.29, 1.82) is 0 Å². The Morgan fingerprint density at radius 2 is 1.70 bits per heavy atom. The molecule has 0 spiro atoms. The number of hydrogen-bond acceptors (Lipinski definition) is 5. The Balaban J connectivity index is 1.37. The molecule has 228 valence electrons. The molecule has 3 aromatic carbocycles. The maximum atomic E-state index is 13.8. The lowest BCUT2D eigenvalue weighted by Crippen LogP contribution is -2.49. The summed E-state index contributed by atoms with van der Waals surface area (Å²) < 4.78 is 6.72. The van der Waals surface area contributed by atoms with E-state index in [0.29, 0.717) is 30.1 Å². The van der Waals surface area contributed by atoms with Crippen LogP contribution in [0.15, 0.2) is 72.8 Å². The van der Waals surface area contributed by atoms with Crippen LogP contribution in [0.1, 0.15) is 61.9 Å². The van der Waals surface area contributed by atoms with E-state index in [4.69, 9.17) is 4.74 Å². The van der Waals surface area contributed by atoms with Crippen molar-refractivity contribution in [2.45, 2.75) is 64.6 Å². The first-order valence-electron chi connectivity index (χ1n) is 15.7. The van der Waals surface area contributed by atoms with Crippen LogP contribution in [-0.4, -0.2) is 65.6 Å². The van der Waals surface area contributed by atoms with Crippen LogP contribution in [0.3, 0.4) is 0 Å². The van der Waals surface area contributed by atoms with Gasteiger partial charge in [-0.05, 0) is 55.6 Å². The van der Waals surface area contributed by atoms with E-state index in [1.165, 1.54) is 23.1 Å². The van der Waals surface area contributed by atoms with Crippen LogP contribution in [-0.2, 0) is 11.3 Å². The summed E-state index contributed by atoms with van der Waals surface area (Å²) in [5, 5.41) is 13.1. The Labute approximate surface area is 255 Å². The molecule has 2 aliphatic rings. The third-order valence-corrected chi connectivity index (χ3v) is 8.93. The first-order chi connectivity index (χ1) is 20.8. The molecule has 1 heterocycles. The predicted molar refractivity (Wildman–Crippen MR) is 171 cm³/mol. The second-order valence-corrected chi connectivity index (χ2v) is 12.4. The third kappa shape index (κ3) is 7.46. The lowest BCUT2D eigenvalue weighted by molar-refractivity contribution is -0.120. The van der Waals surface area contributed by atoms with Gasteiger partial charge in [-0.3, -0.25) is 14.5 Å². The number of ether oxygens (including phenoxy) is 1. The zero-order valence-corrected chi connectivity index (χ0v) is 25.7. The highest BCUT2D eigenvalue weighted by atomic mass is 16.5. The van der Waals surface area contributed by atoms with Crippen LogP contribution in [0, 0.1) is 11.8 Å². The summed E-state index contributed by atoms with van der Waals surface area (Å²) in [6, 6.07) is 24.0.